The zero-order valence-electron chi connectivity index (χ0n) is 64.7. The second-order valence-electron chi connectivity index (χ2n) is 30.2. The maximum atomic E-state index is 12.6. The molecule has 0 aromatic rings. The second-order valence-corrected chi connectivity index (χ2v) is 30.2. The first-order valence-corrected chi connectivity index (χ1v) is 43.8. The molecule has 0 aliphatic rings. The van der Waals surface area contributed by atoms with Crippen LogP contribution in [0.2, 0.25) is 0 Å². The summed E-state index contributed by atoms with van der Waals surface area (Å²) in [7, 11) is 0. The summed E-state index contributed by atoms with van der Waals surface area (Å²) in [5.41, 5.74) is 0. The van der Waals surface area contributed by atoms with E-state index in [1.54, 1.807) is 6.08 Å². The summed E-state index contributed by atoms with van der Waals surface area (Å²) >= 11 is 0. The third-order valence-corrected chi connectivity index (χ3v) is 20.7. The minimum Gasteiger partial charge on any atom is -0.466 e. The Labute approximate surface area is 595 Å². The number of carbonyl (C=O) groups is 2. The van der Waals surface area contributed by atoms with E-state index in [-0.39, 0.29) is 18.5 Å². The van der Waals surface area contributed by atoms with Crippen LogP contribution in [0.3, 0.4) is 0 Å². The lowest BCUT2D eigenvalue weighted by molar-refractivity contribution is -0.143. The lowest BCUT2D eigenvalue weighted by Gasteiger charge is -2.20. The molecule has 2 atom stereocenters. The summed E-state index contributed by atoms with van der Waals surface area (Å²) in [4.78, 5) is 24.7. The monoisotopic (exact) mass is 1330 g/mol. The SMILES string of the molecule is CCCCCCCCCCCCCCCCCCCCCCCCC/C=C/C(O)C(CO)NC(=O)CCCCCCCCCCCCCCCCCCC/C=C\C/C=C\CCCCCCCCCCCCCCCCCOC(=O)CCCCCCCCCCCCCCCC. The van der Waals surface area contributed by atoms with Gasteiger partial charge in [-0.25, -0.2) is 0 Å². The van der Waals surface area contributed by atoms with E-state index in [1.807, 2.05) is 6.08 Å². The molecule has 95 heavy (non-hydrogen) atoms. The number of nitrogens with one attached hydrogen (secondary N) is 1. The summed E-state index contributed by atoms with van der Waals surface area (Å²) in [6.45, 7) is 4.97. The summed E-state index contributed by atoms with van der Waals surface area (Å²) in [5.74, 6) is -0.0359. The molecule has 0 spiro atoms. The summed E-state index contributed by atoms with van der Waals surface area (Å²) < 4.78 is 5.50. The number of aliphatic hydroxyl groups excluding tert-OH is 2. The lowest BCUT2D eigenvalue weighted by Crippen LogP contribution is -2.45. The molecule has 0 aromatic heterocycles. The van der Waals surface area contributed by atoms with Crippen LogP contribution in [0, 0.1) is 0 Å². The van der Waals surface area contributed by atoms with Crippen LogP contribution in [0.25, 0.3) is 0 Å². The molecular formula is C89H171NO5. The van der Waals surface area contributed by atoms with E-state index in [0.29, 0.717) is 19.4 Å². The Morgan fingerprint density at radius 1 is 0.295 bits per heavy atom. The van der Waals surface area contributed by atoms with Crippen LogP contribution < -0.4 is 5.32 Å². The Morgan fingerprint density at radius 3 is 0.800 bits per heavy atom. The van der Waals surface area contributed by atoms with E-state index in [9.17, 15) is 19.8 Å². The number of amides is 1. The van der Waals surface area contributed by atoms with Crippen molar-refractivity contribution in [1.82, 2.24) is 5.32 Å². The minimum atomic E-state index is -0.844. The molecule has 0 aliphatic heterocycles. The van der Waals surface area contributed by atoms with Crippen LogP contribution in [-0.2, 0) is 14.3 Å². The molecule has 562 valence electrons. The molecule has 0 saturated carbocycles. The first kappa shape index (κ1) is 93.1. The highest BCUT2D eigenvalue weighted by Crippen LogP contribution is 2.21. The fourth-order valence-corrected chi connectivity index (χ4v) is 14.0. The Bertz CT molecular complexity index is 1540. The standard InChI is InChI=1S/C89H171NO5/c1-3-5-7-9-11-13-15-17-19-20-21-22-23-39-42-45-48-51-54-57-61-65-69-73-77-81-87(92)86(85-91)90-88(93)82-78-74-70-66-62-58-55-52-49-46-43-40-37-35-33-31-29-27-25-24-26-28-30-32-34-36-38-41-44-47-50-53-56-60-64-68-72-76-80-84-95-89(94)83-79-75-71-67-63-59-18-16-14-12-10-8-6-4-2/h24-25,28,30,77,81,86-87,91-92H,3-23,26-27,29,31-76,78-80,82-85H2,1-2H3,(H,90,93)/b25-24-,30-28-,81-77+. The van der Waals surface area contributed by atoms with Gasteiger partial charge in [0.15, 0.2) is 0 Å². The topological polar surface area (TPSA) is 95.9 Å². The molecule has 3 N–H and O–H groups in total. The molecule has 6 nitrogen and oxygen atoms in total. The van der Waals surface area contributed by atoms with Crippen molar-refractivity contribution in [2.24, 2.45) is 0 Å². The van der Waals surface area contributed by atoms with E-state index in [2.05, 4.69) is 43.5 Å². The number of esters is 1. The van der Waals surface area contributed by atoms with Crippen LogP contribution >= 0.6 is 0 Å². The number of rotatable bonds is 83. The average molecular weight is 1340 g/mol. The smallest absolute Gasteiger partial charge is 0.305 e. The highest BCUT2D eigenvalue weighted by molar-refractivity contribution is 5.76. The highest BCUT2D eigenvalue weighted by Gasteiger charge is 2.18. The number of hydrogen-bond acceptors (Lipinski definition) is 5. The maximum absolute atomic E-state index is 12.6. The molecule has 0 saturated heterocycles. The maximum Gasteiger partial charge on any atom is 0.305 e. The van der Waals surface area contributed by atoms with Gasteiger partial charge >= 0.3 is 5.97 Å². The summed E-state index contributed by atoms with van der Waals surface area (Å²) in [5, 5.41) is 23.3. The number of hydrogen-bond donors (Lipinski definition) is 3. The van der Waals surface area contributed by atoms with E-state index in [1.165, 1.54) is 424 Å². The zero-order chi connectivity index (χ0) is 68.4. The molecule has 0 radical (unpaired) electrons. The van der Waals surface area contributed by atoms with E-state index in [0.717, 1.165) is 44.9 Å². The third kappa shape index (κ3) is 80.9. The van der Waals surface area contributed by atoms with Gasteiger partial charge in [-0.15, -0.1) is 0 Å². The van der Waals surface area contributed by atoms with Gasteiger partial charge in [0.25, 0.3) is 0 Å². The van der Waals surface area contributed by atoms with Crippen molar-refractivity contribution >= 4 is 11.9 Å². The molecule has 0 rings (SSSR count). The molecule has 0 bridgehead atoms. The van der Waals surface area contributed by atoms with Crippen molar-refractivity contribution in [3.63, 3.8) is 0 Å². The number of aliphatic hydroxyl groups is 2. The van der Waals surface area contributed by atoms with Crippen LogP contribution in [0.15, 0.2) is 36.5 Å². The van der Waals surface area contributed by atoms with E-state index in [4.69, 9.17) is 4.74 Å². The molecule has 2 unspecified atom stereocenters. The molecule has 0 heterocycles. The molecule has 0 aromatic carbocycles. The number of allylic oxidation sites excluding steroid dienone is 5. The van der Waals surface area contributed by atoms with Gasteiger partial charge in [-0.2, -0.15) is 0 Å². The van der Waals surface area contributed by atoms with Crippen molar-refractivity contribution in [2.45, 2.75) is 508 Å². The number of carbonyl (C=O) groups excluding carboxylic acids is 2. The Balaban J connectivity index is 3.37. The lowest BCUT2D eigenvalue weighted by atomic mass is 10.0. The summed E-state index contributed by atoms with van der Waals surface area (Å²) in [6.07, 6.45) is 112. The van der Waals surface area contributed by atoms with Gasteiger partial charge in [-0.3, -0.25) is 9.59 Å². The average Bonchev–Trinajstić information content (AvgIpc) is 3.70. The van der Waals surface area contributed by atoms with Crippen molar-refractivity contribution < 1.29 is 24.5 Å². The Hall–Kier alpha value is -1.92. The van der Waals surface area contributed by atoms with Gasteiger partial charge in [0, 0.05) is 12.8 Å². The Kier molecular flexibility index (Phi) is 82.8. The molecule has 1 amide bonds. The third-order valence-electron chi connectivity index (χ3n) is 20.7. The zero-order valence-corrected chi connectivity index (χ0v) is 64.7. The molecule has 0 fully saturated rings. The van der Waals surface area contributed by atoms with Crippen molar-refractivity contribution in [2.75, 3.05) is 13.2 Å². The van der Waals surface area contributed by atoms with Crippen LogP contribution in [0.4, 0.5) is 0 Å². The van der Waals surface area contributed by atoms with Gasteiger partial charge in [-0.1, -0.05) is 455 Å². The quantitative estimate of drug-likeness (QED) is 0.0320. The van der Waals surface area contributed by atoms with Crippen LogP contribution in [0.1, 0.15) is 495 Å². The predicted octanol–water partition coefficient (Wildman–Crippen LogP) is 29.3. The molecular weight excluding hydrogens is 1160 g/mol. The normalized spacial score (nSPS) is 12.6. The number of ether oxygens (including phenoxy) is 1. The summed E-state index contributed by atoms with van der Waals surface area (Å²) in [6, 6.07) is -0.627. The minimum absolute atomic E-state index is 0.0234. The van der Waals surface area contributed by atoms with Gasteiger partial charge in [0.05, 0.1) is 25.4 Å². The van der Waals surface area contributed by atoms with Gasteiger partial charge in [0.2, 0.25) is 5.91 Å². The predicted molar refractivity (Wildman–Crippen MR) is 421 cm³/mol. The number of unbranched alkanes of at least 4 members (excludes halogenated alkanes) is 68. The van der Waals surface area contributed by atoms with Gasteiger partial charge < -0.3 is 20.3 Å². The van der Waals surface area contributed by atoms with Gasteiger partial charge in [0.1, 0.15) is 0 Å². The van der Waals surface area contributed by atoms with E-state index >= 15 is 0 Å². The second kappa shape index (κ2) is 84.5. The highest BCUT2D eigenvalue weighted by atomic mass is 16.5. The fraction of sp³-hybridized carbons (Fsp3) is 0.910. The van der Waals surface area contributed by atoms with Crippen molar-refractivity contribution in [1.29, 1.82) is 0 Å². The van der Waals surface area contributed by atoms with Crippen molar-refractivity contribution in [3.05, 3.63) is 36.5 Å². The molecule has 6 heteroatoms. The molecule has 0 aliphatic carbocycles. The Morgan fingerprint density at radius 2 is 0.526 bits per heavy atom. The van der Waals surface area contributed by atoms with Crippen LogP contribution in [-0.4, -0.2) is 47.4 Å². The fourth-order valence-electron chi connectivity index (χ4n) is 14.0. The van der Waals surface area contributed by atoms with Crippen molar-refractivity contribution in [3.8, 4) is 0 Å². The van der Waals surface area contributed by atoms with Crippen LogP contribution in [0.5, 0.6) is 0 Å². The van der Waals surface area contributed by atoms with Gasteiger partial charge in [-0.05, 0) is 64.2 Å². The first-order chi connectivity index (χ1) is 47.0. The van der Waals surface area contributed by atoms with E-state index < -0.39 is 12.1 Å². The largest absolute Gasteiger partial charge is 0.466 e. The first-order valence-electron chi connectivity index (χ1n) is 43.8.